The van der Waals surface area contributed by atoms with Crippen LogP contribution in [0.4, 0.5) is 10.9 Å². The van der Waals surface area contributed by atoms with Crippen LogP contribution in [0, 0.1) is 20.8 Å². The molecule has 0 aliphatic carbocycles. The number of thiocarbonyl (C=S) groups is 1. The molecule has 0 saturated carbocycles. The highest BCUT2D eigenvalue weighted by molar-refractivity contribution is 7.80. The molecule has 18 heavy (non-hydrogen) atoms. The van der Waals surface area contributed by atoms with Gasteiger partial charge < -0.3 is 11.1 Å². The summed E-state index contributed by atoms with van der Waals surface area (Å²) < 4.78 is 1.73. The van der Waals surface area contributed by atoms with E-state index >= 15 is 0 Å². The molecule has 2 aromatic heterocycles. The lowest BCUT2D eigenvalue weighted by atomic mass is 10.2. The van der Waals surface area contributed by atoms with E-state index in [1.807, 2.05) is 27.8 Å². The molecule has 96 valence electrons. The van der Waals surface area contributed by atoms with Crippen molar-refractivity contribution in [2.24, 2.45) is 12.8 Å². The molecular weight excluding hydrogens is 266 g/mol. The molecule has 0 aliphatic rings. The Hall–Kier alpha value is -1.47. The van der Waals surface area contributed by atoms with Crippen molar-refractivity contribution in [3.8, 4) is 0 Å². The molecule has 3 N–H and O–H groups in total. The van der Waals surface area contributed by atoms with Gasteiger partial charge in [-0.05, 0) is 20.8 Å². The number of nitrogens with zero attached hydrogens (tertiary/aromatic N) is 3. The van der Waals surface area contributed by atoms with Crippen molar-refractivity contribution in [3.05, 3.63) is 21.8 Å². The maximum atomic E-state index is 5.74. The van der Waals surface area contributed by atoms with Crippen LogP contribution in [-0.2, 0) is 7.05 Å². The molecule has 7 heteroatoms. The molecule has 0 aliphatic heterocycles. The first-order valence-electron chi connectivity index (χ1n) is 5.44. The van der Waals surface area contributed by atoms with Gasteiger partial charge in [0, 0.05) is 11.9 Å². The lowest BCUT2D eigenvalue weighted by Crippen LogP contribution is -2.12. The summed E-state index contributed by atoms with van der Waals surface area (Å²) in [6.45, 7) is 5.92. The number of aryl methyl sites for hydroxylation is 4. The van der Waals surface area contributed by atoms with Gasteiger partial charge in [-0.25, -0.2) is 4.98 Å². The smallest absolute Gasteiger partial charge is 0.188 e. The molecule has 0 atom stereocenters. The summed E-state index contributed by atoms with van der Waals surface area (Å²) in [7, 11) is 1.85. The zero-order valence-electron chi connectivity index (χ0n) is 10.7. The predicted octanol–water partition coefficient (Wildman–Crippen LogP) is 2.18. The Bertz CT molecular complexity index is 592. The van der Waals surface area contributed by atoms with E-state index in [1.54, 1.807) is 16.0 Å². The Balaban J connectivity index is 2.42. The Morgan fingerprint density at radius 2 is 2.00 bits per heavy atom. The van der Waals surface area contributed by atoms with Crippen molar-refractivity contribution in [1.29, 1.82) is 0 Å². The summed E-state index contributed by atoms with van der Waals surface area (Å²) in [6, 6.07) is 0. The molecule has 0 amide bonds. The first-order chi connectivity index (χ1) is 8.40. The van der Waals surface area contributed by atoms with Gasteiger partial charge in [0.2, 0.25) is 0 Å². The highest BCUT2D eigenvalue weighted by Crippen LogP contribution is 2.27. The fraction of sp³-hybridized carbons (Fsp3) is 0.364. The number of aromatic nitrogens is 3. The Kier molecular flexibility index (Phi) is 3.36. The van der Waals surface area contributed by atoms with Crippen LogP contribution in [0.2, 0.25) is 0 Å². The predicted molar refractivity (Wildman–Crippen MR) is 78.7 cm³/mol. The van der Waals surface area contributed by atoms with Gasteiger partial charge in [0.1, 0.15) is 10.8 Å². The summed E-state index contributed by atoms with van der Waals surface area (Å²) in [5.74, 6) is 0.786. The molecular formula is C11H15N5S2. The molecule has 0 spiro atoms. The van der Waals surface area contributed by atoms with Crippen LogP contribution in [0.5, 0.6) is 0 Å². The fourth-order valence-corrected chi connectivity index (χ4v) is 2.78. The van der Waals surface area contributed by atoms with Crippen LogP contribution in [0.3, 0.4) is 0 Å². The second-order valence-electron chi connectivity index (χ2n) is 4.08. The van der Waals surface area contributed by atoms with Crippen LogP contribution in [0.1, 0.15) is 21.8 Å². The first-order valence-corrected chi connectivity index (χ1v) is 6.67. The van der Waals surface area contributed by atoms with Gasteiger partial charge in [0.25, 0.3) is 0 Å². The van der Waals surface area contributed by atoms with Crippen LogP contribution in [0.15, 0.2) is 0 Å². The number of hydrogen-bond donors (Lipinski definition) is 2. The zero-order valence-corrected chi connectivity index (χ0v) is 12.4. The Labute approximate surface area is 115 Å². The fourth-order valence-electron chi connectivity index (χ4n) is 1.72. The monoisotopic (exact) mass is 281 g/mol. The van der Waals surface area contributed by atoms with E-state index in [1.165, 1.54) is 4.88 Å². The summed E-state index contributed by atoms with van der Waals surface area (Å²) >= 11 is 6.67. The normalized spacial score (nSPS) is 10.7. The number of nitrogens with two attached hydrogens (primary N) is 1. The quantitative estimate of drug-likeness (QED) is 0.844. The average molecular weight is 281 g/mol. The summed E-state index contributed by atoms with van der Waals surface area (Å²) in [5.41, 5.74) is 8.36. The van der Waals surface area contributed by atoms with Crippen LogP contribution in [-0.4, -0.2) is 19.8 Å². The van der Waals surface area contributed by atoms with E-state index < -0.39 is 0 Å². The minimum atomic E-state index is 0.341. The minimum absolute atomic E-state index is 0.341. The number of rotatable bonds is 3. The molecule has 0 unspecified atom stereocenters. The third-order valence-electron chi connectivity index (χ3n) is 2.72. The number of anilines is 2. The lowest BCUT2D eigenvalue weighted by molar-refractivity contribution is 0.764. The van der Waals surface area contributed by atoms with Crippen molar-refractivity contribution in [1.82, 2.24) is 14.8 Å². The molecule has 0 radical (unpaired) electrons. The maximum absolute atomic E-state index is 5.74. The highest BCUT2D eigenvalue weighted by Gasteiger charge is 2.17. The topological polar surface area (TPSA) is 68.8 Å². The first kappa shape index (κ1) is 13.0. The van der Waals surface area contributed by atoms with E-state index in [4.69, 9.17) is 18.0 Å². The van der Waals surface area contributed by atoms with E-state index in [-0.39, 0.29) is 0 Å². The van der Waals surface area contributed by atoms with Gasteiger partial charge in [-0.15, -0.1) is 11.3 Å². The zero-order chi connectivity index (χ0) is 13.4. The largest absolute Gasteiger partial charge is 0.389 e. The SMILES string of the molecule is Cc1nc(Nc2c(C(N)=S)c(C)nn2C)sc1C. The molecule has 0 bridgehead atoms. The van der Waals surface area contributed by atoms with E-state index in [2.05, 4.69) is 15.4 Å². The Morgan fingerprint density at radius 3 is 2.50 bits per heavy atom. The van der Waals surface area contributed by atoms with Gasteiger partial charge in [0.05, 0.1) is 17.0 Å². The van der Waals surface area contributed by atoms with Crippen LogP contribution >= 0.6 is 23.6 Å². The second-order valence-corrected chi connectivity index (χ2v) is 5.73. The van der Waals surface area contributed by atoms with Crippen LogP contribution < -0.4 is 11.1 Å². The number of hydrogen-bond acceptors (Lipinski definition) is 5. The van der Waals surface area contributed by atoms with Crippen molar-refractivity contribution in [2.45, 2.75) is 20.8 Å². The van der Waals surface area contributed by atoms with Gasteiger partial charge in [0.15, 0.2) is 5.13 Å². The highest BCUT2D eigenvalue weighted by atomic mass is 32.1. The van der Waals surface area contributed by atoms with E-state index in [0.29, 0.717) is 4.99 Å². The van der Waals surface area contributed by atoms with Gasteiger partial charge >= 0.3 is 0 Å². The second kappa shape index (κ2) is 4.66. The number of thiazole rings is 1. The van der Waals surface area contributed by atoms with Crippen molar-refractivity contribution in [2.75, 3.05) is 5.32 Å². The molecule has 0 aromatic carbocycles. The molecule has 0 fully saturated rings. The maximum Gasteiger partial charge on any atom is 0.188 e. The minimum Gasteiger partial charge on any atom is -0.389 e. The molecule has 5 nitrogen and oxygen atoms in total. The van der Waals surface area contributed by atoms with Crippen molar-refractivity contribution >= 4 is 39.5 Å². The molecule has 2 aromatic rings. The average Bonchev–Trinajstić information content (AvgIpc) is 2.69. The standard InChI is InChI=1S/C11H15N5S2/c1-5-7(3)18-11(13-5)14-10-8(9(12)17)6(2)15-16(10)4/h1-4H3,(H2,12,17)(H,13,14). The lowest BCUT2D eigenvalue weighted by Gasteiger charge is -2.05. The summed E-state index contributed by atoms with van der Waals surface area (Å²) in [6.07, 6.45) is 0. The van der Waals surface area contributed by atoms with Gasteiger partial charge in [-0.2, -0.15) is 5.10 Å². The number of nitrogens with one attached hydrogen (secondary N) is 1. The Morgan fingerprint density at radius 1 is 1.33 bits per heavy atom. The molecule has 0 saturated heterocycles. The van der Waals surface area contributed by atoms with Gasteiger partial charge in [-0.1, -0.05) is 12.2 Å². The van der Waals surface area contributed by atoms with Crippen LogP contribution in [0.25, 0.3) is 0 Å². The molecule has 2 heterocycles. The molecule has 2 rings (SSSR count). The third-order valence-corrected chi connectivity index (χ3v) is 3.91. The summed E-state index contributed by atoms with van der Waals surface area (Å²) in [4.78, 5) is 5.97. The van der Waals surface area contributed by atoms with Gasteiger partial charge in [-0.3, -0.25) is 4.68 Å². The van der Waals surface area contributed by atoms with E-state index in [0.717, 1.165) is 27.9 Å². The third kappa shape index (κ3) is 2.23. The van der Waals surface area contributed by atoms with Crippen molar-refractivity contribution < 1.29 is 0 Å². The summed E-state index contributed by atoms with van der Waals surface area (Å²) in [5, 5.41) is 8.39. The van der Waals surface area contributed by atoms with E-state index in [9.17, 15) is 0 Å². The van der Waals surface area contributed by atoms with Crippen molar-refractivity contribution in [3.63, 3.8) is 0 Å².